The SMILES string of the molecule is C=O.CC.CC(CC(=O)NCC(C)C(F)(F)F)C(=O)NC(CN)[C@@H](C)Oc1ccccc1.CF. The minimum Gasteiger partial charge on any atom is -0.489 e. The highest BCUT2D eigenvalue weighted by Gasteiger charge is 2.36. The summed E-state index contributed by atoms with van der Waals surface area (Å²) in [7, 11) is 0.500. The van der Waals surface area contributed by atoms with E-state index >= 15 is 0 Å². The van der Waals surface area contributed by atoms with E-state index in [2.05, 4.69) is 10.6 Å². The molecule has 0 fully saturated rings. The number of hydrogen-bond acceptors (Lipinski definition) is 5. The first-order chi connectivity index (χ1) is 16.0. The summed E-state index contributed by atoms with van der Waals surface area (Å²) in [6.45, 7) is 9.88. The van der Waals surface area contributed by atoms with Crippen molar-refractivity contribution >= 4 is 18.6 Å². The zero-order valence-corrected chi connectivity index (χ0v) is 20.7. The molecular formula is C23H39F4N3O4. The van der Waals surface area contributed by atoms with Gasteiger partial charge in [-0.05, 0) is 19.1 Å². The average Bonchev–Trinajstić information content (AvgIpc) is 2.84. The molecule has 2 amide bonds. The monoisotopic (exact) mass is 497 g/mol. The third-order valence-electron chi connectivity index (χ3n) is 4.32. The molecule has 7 nitrogen and oxygen atoms in total. The Morgan fingerprint density at radius 2 is 1.56 bits per heavy atom. The molecule has 1 aromatic rings. The van der Waals surface area contributed by atoms with E-state index in [1.54, 1.807) is 19.1 Å². The van der Waals surface area contributed by atoms with Crippen LogP contribution in [-0.2, 0) is 14.4 Å². The van der Waals surface area contributed by atoms with Crippen LogP contribution in [0.3, 0.4) is 0 Å². The number of benzene rings is 1. The number of rotatable bonds is 10. The third-order valence-corrected chi connectivity index (χ3v) is 4.32. The van der Waals surface area contributed by atoms with E-state index in [9.17, 15) is 27.2 Å². The van der Waals surface area contributed by atoms with E-state index in [1.807, 2.05) is 38.8 Å². The Kier molecular flexibility index (Phi) is 22.0. The van der Waals surface area contributed by atoms with E-state index in [0.29, 0.717) is 12.9 Å². The van der Waals surface area contributed by atoms with Crippen molar-refractivity contribution in [1.29, 1.82) is 0 Å². The van der Waals surface area contributed by atoms with Gasteiger partial charge in [-0.2, -0.15) is 13.2 Å². The number of alkyl halides is 4. The van der Waals surface area contributed by atoms with E-state index in [-0.39, 0.29) is 13.0 Å². The van der Waals surface area contributed by atoms with E-state index in [4.69, 9.17) is 15.3 Å². The van der Waals surface area contributed by atoms with Crippen LogP contribution in [0.4, 0.5) is 17.6 Å². The van der Waals surface area contributed by atoms with Crippen molar-refractivity contribution in [2.24, 2.45) is 17.6 Å². The van der Waals surface area contributed by atoms with E-state index in [0.717, 1.165) is 6.92 Å². The van der Waals surface area contributed by atoms with Gasteiger partial charge in [0, 0.05) is 25.4 Å². The number of carbonyl (C=O) groups is 3. The molecule has 0 bridgehead atoms. The molecule has 0 spiro atoms. The van der Waals surface area contributed by atoms with Crippen molar-refractivity contribution in [3.05, 3.63) is 30.3 Å². The maximum Gasteiger partial charge on any atom is 0.393 e. The van der Waals surface area contributed by atoms with Gasteiger partial charge in [-0.3, -0.25) is 14.0 Å². The Hall–Kier alpha value is -2.69. The maximum atomic E-state index is 12.5. The molecule has 34 heavy (non-hydrogen) atoms. The average molecular weight is 498 g/mol. The number of hydrogen-bond donors (Lipinski definition) is 3. The summed E-state index contributed by atoms with van der Waals surface area (Å²) < 4.78 is 52.6. The van der Waals surface area contributed by atoms with Crippen molar-refractivity contribution in [3.63, 3.8) is 0 Å². The minimum atomic E-state index is -4.38. The zero-order valence-electron chi connectivity index (χ0n) is 20.7. The van der Waals surface area contributed by atoms with Crippen LogP contribution in [0.15, 0.2) is 30.3 Å². The minimum absolute atomic E-state index is 0.127. The molecule has 4 atom stereocenters. The van der Waals surface area contributed by atoms with Crippen molar-refractivity contribution < 1.29 is 36.7 Å². The Balaban J connectivity index is -0.00000148. The number of ether oxygens (including phenoxy) is 1. The van der Waals surface area contributed by atoms with Gasteiger partial charge in [0.1, 0.15) is 18.6 Å². The van der Waals surface area contributed by atoms with Crippen molar-refractivity contribution in [1.82, 2.24) is 10.6 Å². The number of nitrogens with one attached hydrogen (secondary N) is 2. The first-order valence-electron chi connectivity index (χ1n) is 10.8. The van der Waals surface area contributed by atoms with Crippen molar-refractivity contribution in [3.8, 4) is 5.75 Å². The molecule has 1 aromatic carbocycles. The van der Waals surface area contributed by atoms with Gasteiger partial charge in [-0.25, -0.2) is 0 Å². The molecule has 11 heteroatoms. The second kappa shape index (κ2) is 20.9. The molecule has 1 rings (SSSR count). The summed E-state index contributed by atoms with van der Waals surface area (Å²) in [4.78, 5) is 32.1. The summed E-state index contributed by atoms with van der Waals surface area (Å²) in [5, 5.41) is 4.94. The summed E-state index contributed by atoms with van der Waals surface area (Å²) in [5.41, 5.74) is 5.72. The standard InChI is InChI=1S/C19H28F3N3O3.C2H6.CH3F.CH2O/c1-12(9-17(26)24-11-13(2)19(20,21)22)18(27)25-16(10-23)14(3)28-15-7-5-4-6-8-15;3*1-2/h4-8,12-14,16H,9-11,23H2,1-3H3,(H,24,26)(H,25,27);1-2H3;1H3;1H2/t12?,13?,14-,16?;;;/m1.../s1. The largest absolute Gasteiger partial charge is 0.489 e. The lowest BCUT2D eigenvalue weighted by atomic mass is 10.0. The van der Waals surface area contributed by atoms with E-state index in [1.165, 1.54) is 6.92 Å². The first kappa shape index (κ1) is 35.9. The van der Waals surface area contributed by atoms with Gasteiger partial charge in [-0.1, -0.05) is 45.9 Å². The van der Waals surface area contributed by atoms with E-state index < -0.39 is 48.5 Å². The van der Waals surface area contributed by atoms with Gasteiger partial charge in [0.15, 0.2) is 0 Å². The van der Waals surface area contributed by atoms with Crippen LogP contribution in [-0.4, -0.2) is 57.2 Å². The second-order valence-corrected chi connectivity index (χ2v) is 6.84. The molecule has 0 aliphatic heterocycles. The quantitative estimate of drug-likeness (QED) is 0.427. The van der Waals surface area contributed by atoms with Crippen LogP contribution >= 0.6 is 0 Å². The molecular weight excluding hydrogens is 458 g/mol. The summed E-state index contributed by atoms with van der Waals surface area (Å²) >= 11 is 0. The normalized spacial score (nSPS) is 13.5. The lowest BCUT2D eigenvalue weighted by molar-refractivity contribution is -0.168. The summed E-state index contributed by atoms with van der Waals surface area (Å²) in [6.07, 6.45) is -5.01. The van der Waals surface area contributed by atoms with Gasteiger partial charge in [0.25, 0.3) is 0 Å². The van der Waals surface area contributed by atoms with Crippen molar-refractivity contribution in [2.45, 2.75) is 59.4 Å². The van der Waals surface area contributed by atoms with Gasteiger partial charge < -0.3 is 25.9 Å². The smallest absolute Gasteiger partial charge is 0.393 e. The van der Waals surface area contributed by atoms with Crippen LogP contribution in [0.1, 0.15) is 41.0 Å². The fraction of sp³-hybridized carbons (Fsp3) is 0.609. The predicted octanol–water partition coefficient (Wildman–Crippen LogP) is 3.67. The summed E-state index contributed by atoms with van der Waals surface area (Å²) in [6, 6.07) is 8.56. The number of nitrogens with two attached hydrogens (primary N) is 1. The topological polar surface area (TPSA) is 111 Å². The highest BCUT2D eigenvalue weighted by molar-refractivity contribution is 5.85. The molecule has 198 valence electrons. The molecule has 0 saturated heterocycles. The summed E-state index contributed by atoms with van der Waals surface area (Å²) in [5.74, 6) is -2.78. The molecule has 0 saturated carbocycles. The predicted molar refractivity (Wildman–Crippen MR) is 125 cm³/mol. The highest BCUT2D eigenvalue weighted by Crippen LogP contribution is 2.24. The third kappa shape index (κ3) is 16.0. The molecule has 3 unspecified atom stereocenters. The van der Waals surface area contributed by atoms with Gasteiger partial charge >= 0.3 is 6.18 Å². The Bertz CT molecular complexity index is 649. The first-order valence-corrected chi connectivity index (χ1v) is 10.8. The van der Waals surface area contributed by atoms with Crippen LogP contribution < -0.4 is 21.1 Å². The lowest BCUT2D eigenvalue weighted by Gasteiger charge is -2.26. The van der Waals surface area contributed by atoms with Crippen LogP contribution in [0.25, 0.3) is 0 Å². The number of amides is 2. The van der Waals surface area contributed by atoms with Crippen LogP contribution in [0.2, 0.25) is 0 Å². The second-order valence-electron chi connectivity index (χ2n) is 6.84. The highest BCUT2D eigenvalue weighted by atomic mass is 19.4. The molecule has 4 N–H and O–H groups in total. The van der Waals surface area contributed by atoms with Gasteiger partial charge in [-0.15, -0.1) is 0 Å². The Morgan fingerprint density at radius 1 is 1.06 bits per heavy atom. The Labute approximate surface area is 199 Å². The van der Waals surface area contributed by atoms with Gasteiger partial charge in [0.05, 0.1) is 19.1 Å². The maximum absolute atomic E-state index is 12.5. The van der Waals surface area contributed by atoms with Crippen molar-refractivity contribution in [2.75, 3.05) is 20.3 Å². The molecule has 0 radical (unpaired) electrons. The number of carbonyl (C=O) groups excluding carboxylic acids is 3. The molecule has 0 aromatic heterocycles. The fourth-order valence-corrected chi connectivity index (χ4v) is 2.31. The number of halogens is 4. The molecule has 0 heterocycles. The fourth-order valence-electron chi connectivity index (χ4n) is 2.31. The lowest BCUT2D eigenvalue weighted by Crippen LogP contribution is -2.50. The molecule has 0 aliphatic rings. The Morgan fingerprint density at radius 3 is 2.00 bits per heavy atom. The van der Waals surface area contributed by atoms with Gasteiger partial charge in [0.2, 0.25) is 11.8 Å². The molecule has 0 aliphatic carbocycles. The van der Waals surface area contributed by atoms with Crippen LogP contribution in [0.5, 0.6) is 5.75 Å². The number of para-hydroxylation sites is 1. The van der Waals surface area contributed by atoms with Crippen LogP contribution in [0, 0.1) is 11.8 Å². The zero-order chi connectivity index (χ0) is 27.3.